The highest BCUT2D eigenvalue weighted by molar-refractivity contribution is 6.31. The van der Waals surface area contributed by atoms with Gasteiger partial charge in [-0.05, 0) is 44.5 Å². The first-order valence-corrected chi connectivity index (χ1v) is 7.00. The third-order valence-corrected chi connectivity index (χ3v) is 3.77. The molecule has 0 radical (unpaired) electrons. The van der Waals surface area contributed by atoms with Crippen molar-refractivity contribution in [1.82, 2.24) is 4.90 Å². The van der Waals surface area contributed by atoms with Crippen LogP contribution in [0.15, 0.2) is 18.2 Å². The Bertz CT molecular complexity index is 465. The van der Waals surface area contributed by atoms with Crippen molar-refractivity contribution in [3.63, 3.8) is 0 Å². The fourth-order valence-corrected chi connectivity index (χ4v) is 2.64. The standard InChI is InChI=1S/C15H20ClNO2/c1-10-6-13(4-5-14(10)16)15(18)9-17-7-11(2)19-12(3)8-17/h4-6,11-12H,7-9H2,1-3H3. The minimum absolute atomic E-state index is 0.140. The minimum atomic E-state index is 0.140. The summed E-state index contributed by atoms with van der Waals surface area (Å²) < 4.78 is 5.67. The van der Waals surface area contributed by atoms with Crippen molar-refractivity contribution in [2.24, 2.45) is 0 Å². The maximum atomic E-state index is 12.3. The number of ketones is 1. The van der Waals surface area contributed by atoms with E-state index in [9.17, 15) is 4.79 Å². The van der Waals surface area contributed by atoms with Gasteiger partial charge in [-0.15, -0.1) is 0 Å². The number of carbonyl (C=O) groups is 1. The number of aryl methyl sites for hydroxylation is 1. The van der Waals surface area contributed by atoms with Crippen LogP contribution in [0.1, 0.15) is 29.8 Å². The molecule has 0 aromatic heterocycles. The second-order valence-corrected chi connectivity index (χ2v) is 5.75. The normalized spacial score (nSPS) is 24.4. The smallest absolute Gasteiger partial charge is 0.176 e. The number of morpholine rings is 1. The summed E-state index contributed by atoms with van der Waals surface area (Å²) in [6.45, 7) is 8.06. The minimum Gasteiger partial charge on any atom is -0.373 e. The van der Waals surface area contributed by atoms with Crippen LogP contribution >= 0.6 is 11.6 Å². The highest BCUT2D eigenvalue weighted by Gasteiger charge is 2.24. The molecule has 3 nitrogen and oxygen atoms in total. The van der Waals surface area contributed by atoms with Gasteiger partial charge in [0, 0.05) is 23.7 Å². The van der Waals surface area contributed by atoms with Gasteiger partial charge in [0.15, 0.2) is 5.78 Å². The molecule has 0 bridgehead atoms. The summed E-state index contributed by atoms with van der Waals surface area (Å²) in [6.07, 6.45) is 0.368. The molecule has 104 valence electrons. The number of rotatable bonds is 3. The Morgan fingerprint density at radius 2 is 2.00 bits per heavy atom. The molecule has 0 spiro atoms. The second kappa shape index (κ2) is 6.04. The number of hydrogen-bond acceptors (Lipinski definition) is 3. The van der Waals surface area contributed by atoms with Crippen LogP contribution in [-0.2, 0) is 4.74 Å². The van der Waals surface area contributed by atoms with E-state index >= 15 is 0 Å². The molecule has 1 heterocycles. The van der Waals surface area contributed by atoms with Crippen LogP contribution in [0, 0.1) is 6.92 Å². The largest absolute Gasteiger partial charge is 0.373 e. The lowest BCUT2D eigenvalue weighted by Gasteiger charge is -2.34. The van der Waals surface area contributed by atoms with Crippen LogP contribution in [0.2, 0.25) is 5.02 Å². The lowest BCUT2D eigenvalue weighted by atomic mass is 10.1. The monoisotopic (exact) mass is 281 g/mol. The van der Waals surface area contributed by atoms with E-state index in [0.717, 1.165) is 24.2 Å². The van der Waals surface area contributed by atoms with Crippen LogP contribution in [-0.4, -0.2) is 42.5 Å². The van der Waals surface area contributed by atoms with E-state index in [1.807, 2.05) is 26.8 Å². The van der Waals surface area contributed by atoms with Crippen molar-refractivity contribution < 1.29 is 9.53 Å². The topological polar surface area (TPSA) is 29.5 Å². The molecule has 0 aliphatic carbocycles. The Morgan fingerprint density at radius 3 is 2.58 bits per heavy atom. The molecule has 1 aliphatic heterocycles. The fourth-order valence-electron chi connectivity index (χ4n) is 2.53. The molecule has 0 saturated carbocycles. The van der Waals surface area contributed by atoms with Gasteiger partial charge in [0.2, 0.25) is 0 Å². The van der Waals surface area contributed by atoms with Gasteiger partial charge in [-0.2, -0.15) is 0 Å². The van der Waals surface area contributed by atoms with Crippen molar-refractivity contribution in [3.8, 4) is 0 Å². The molecule has 1 saturated heterocycles. The first-order chi connectivity index (χ1) is 8.95. The van der Waals surface area contributed by atoms with E-state index < -0.39 is 0 Å². The first-order valence-electron chi connectivity index (χ1n) is 6.63. The summed E-state index contributed by atoms with van der Waals surface area (Å²) in [5, 5.41) is 0.699. The van der Waals surface area contributed by atoms with Gasteiger partial charge >= 0.3 is 0 Å². The van der Waals surface area contributed by atoms with E-state index in [4.69, 9.17) is 16.3 Å². The zero-order chi connectivity index (χ0) is 14.0. The van der Waals surface area contributed by atoms with Crippen LogP contribution in [0.5, 0.6) is 0 Å². The van der Waals surface area contributed by atoms with Crippen molar-refractivity contribution in [2.75, 3.05) is 19.6 Å². The van der Waals surface area contributed by atoms with Crippen LogP contribution < -0.4 is 0 Å². The van der Waals surface area contributed by atoms with Crippen molar-refractivity contribution in [1.29, 1.82) is 0 Å². The average Bonchev–Trinajstić information content (AvgIpc) is 2.31. The van der Waals surface area contributed by atoms with Crippen molar-refractivity contribution in [3.05, 3.63) is 34.3 Å². The number of ether oxygens (including phenoxy) is 1. The van der Waals surface area contributed by atoms with Gasteiger partial charge in [-0.1, -0.05) is 11.6 Å². The summed E-state index contributed by atoms with van der Waals surface area (Å²) in [7, 11) is 0. The Kier molecular flexibility index (Phi) is 4.61. The van der Waals surface area contributed by atoms with E-state index in [2.05, 4.69) is 4.90 Å². The lowest BCUT2D eigenvalue weighted by molar-refractivity contribution is -0.0652. The molecule has 19 heavy (non-hydrogen) atoms. The number of halogens is 1. The van der Waals surface area contributed by atoms with Crippen LogP contribution in [0.25, 0.3) is 0 Å². The summed E-state index contributed by atoms with van der Waals surface area (Å²) in [5.74, 6) is 0.140. The Labute approximate surface area is 119 Å². The second-order valence-electron chi connectivity index (χ2n) is 5.34. The molecular weight excluding hydrogens is 262 g/mol. The van der Waals surface area contributed by atoms with Gasteiger partial charge in [-0.25, -0.2) is 0 Å². The number of benzene rings is 1. The third kappa shape index (κ3) is 3.78. The Balaban J connectivity index is 2.02. The zero-order valence-electron chi connectivity index (χ0n) is 11.6. The average molecular weight is 282 g/mol. The molecule has 2 rings (SSSR count). The van der Waals surface area contributed by atoms with Gasteiger partial charge in [0.25, 0.3) is 0 Å². The predicted octanol–water partition coefficient (Wildman–Crippen LogP) is 2.94. The van der Waals surface area contributed by atoms with E-state index in [1.54, 1.807) is 12.1 Å². The SMILES string of the molecule is Cc1cc(C(=O)CN2CC(C)OC(C)C2)ccc1Cl. The zero-order valence-corrected chi connectivity index (χ0v) is 12.4. The number of hydrogen-bond donors (Lipinski definition) is 0. The molecule has 2 unspecified atom stereocenters. The van der Waals surface area contributed by atoms with Crippen LogP contribution in [0.4, 0.5) is 0 Å². The van der Waals surface area contributed by atoms with E-state index in [-0.39, 0.29) is 18.0 Å². The molecule has 1 aliphatic rings. The predicted molar refractivity (Wildman–Crippen MR) is 77.0 cm³/mol. The molecular formula is C15H20ClNO2. The summed E-state index contributed by atoms with van der Waals surface area (Å²) >= 11 is 5.98. The summed E-state index contributed by atoms with van der Waals surface area (Å²) in [5.41, 5.74) is 1.67. The summed E-state index contributed by atoms with van der Waals surface area (Å²) in [4.78, 5) is 14.4. The van der Waals surface area contributed by atoms with Crippen molar-refractivity contribution >= 4 is 17.4 Å². The molecule has 0 amide bonds. The fraction of sp³-hybridized carbons (Fsp3) is 0.533. The molecule has 2 atom stereocenters. The number of nitrogens with zero attached hydrogens (tertiary/aromatic N) is 1. The number of Topliss-reactive ketones (excluding diaryl/α,β-unsaturated/α-hetero) is 1. The van der Waals surface area contributed by atoms with Gasteiger partial charge in [0.05, 0.1) is 18.8 Å². The number of carbonyl (C=O) groups excluding carboxylic acids is 1. The highest BCUT2D eigenvalue weighted by Crippen LogP contribution is 2.17. The van der Waals surface area contributed by atoms with E-state index in [0.29, 0.717) is 11.6 Å². The van der Waals surface area contributed by atoms with Crippen LogP contribution in [0.3, 0.4) is 0 Å². The Morgan fingerprint density at radius 1 is 1.37 bits per heavy atom. The maximum absolute atomic E-state index is 12.3. The van der Waals surface area contributed by atoms with Crippen molar-refractivity contribution in [2.45, 2.75) is 33.0 Å². The van der Waals surface area contributed by atoms with Gasteiger partial charge in [-0.3, -0.25) is 9.69 Å². The molecule has 1 aromatic rings. The molecule has 1 aromatic carbocycles. The first kappa shape index (κ1) is 14.5. The molecule has 0 N–H and O–H groups in total. The van der Waals surface area contributed by atoms with E-state index in [1.165, 1.54) is 0 Å². The quantitative estimate of drug-likeness (QED) is 0.798. The van der Waals surface area contributed by atoms with Gasteiger partial charge < -0.3 is 4.74 Å². The Hall–Kier alpha value is -0.900. The molecule has 1 fully saturated rings. The molecule has 4 heteroatoms. The third-order valence-electron chi connectivity index (χ3n) is 3.34. The summed E-state index contributed by atoms with van der Waals surface area (Å²) in [6, 6.07) is 5.44. The maximum Gasteiger partial charge on any atom is 0.176 e. The lowest BCUT2D eigenvalue weighted by Crippen LogP contribution is -2.47. The van der Waals surface area contributed by atoms with Gasteiger partial charge in [0.1, 0.15) is 0 Å². The highest BCUT2D eigenvalue weighted by atomic mass is 35.5.